The van der Waals surface area contributed by atoms with Gasteiger partial charge < -0.3 is 19.8 Å². The summed E-state index contributed by atoms with van der Waals surface area (Å²) in [4.78, 5) is 0. The molecule has 102 valence electrons. The summed E-state index contributed by atoms with van der Waals surface area (Å²) in [5, 5.41) is 0. The van der Waals surface area contributed by atoms with Crippen LogP contribution in [0.15, 0.2) is 42.6 Å². The number of nitrogens with two attached hydrogens (primary N) is 1. The summed E-state index contributed by atoms with van der Waals surface area (Å²) in [6.45, 7) is 4.51. The van der Waals surface area contributed by atoms with E-state index >= 15 is 0 Å². The third kappa shape index (κ3) is 3.51. The summed E-state index contributed by atoms with van der Waals surface area (Å²) in [6.07, 6.45) is 2.01. The molecule has 0 aliphatic rings. The zero-order valence-corrected chi connectivity index (χ0v) is 11.2. The molecule has 2 rings (SSSR count). The first-order chi connectivity index (χ1) is 9.35. The van der Waals surface area contributed by atoms with Crippen LogP contribution in [0.5, 0.6) is 11.5 Å². The second-order valence-electron chi connectivity index (χ2n) is 4.13. The van der Waals surface area contributed by atoms with Crippen molar-refractivity contribution < 1.29 is 9.47 Å². The topological polar surface area (TPSA) is 49.4 Å². The molecule has 0 saturated heterocycles. The standard InChI is InChI=1S/C15H20N2O2/c1-2-18-14-7-3-4-8-15(14)19-11-10-17-9-5-6-13(17)12-16/h3-9H,2,10-12,16H2,1H3. The number of aromatic nitrogens is 1. The highest BCUT2D eigenvalue weighted by Gasteiger charge is 2.04. The zero-order valence-electron chi connectivity index (χ0n) is 11.2. The van der Waals surface area contributed by atoms with Gasteiger partial charge in [-0.15, -0.1) is 0 Å². The van der Waals surface area contributed by atoms with E-state index in [1.54, 1.807) is 0 Å². The maximum Gasteiger partial charge on any atom is 0.161 e. The average molecular weight is 260 g/mol. The molecule has 0 aliphatic carbocycles. The molecule has 2 aromatic rings. The van der Waals surface area contributed by atoms with E-state index < -0.39 is 0 Å². The minimum Gasteiger partial charge on any atom is -0.490 e. The van der Waals surface area contributed by atoms with E-state index in [9.17, 15) is 0 Å². The Hall–Kier alpha value is -1.94. The summed E-state index contributed by atoms with van der Waals surface area (Å²) >= 11 is 0. The number of ether oxygens (including phenoxy) is 2. The van der Waals surface area contributed by atoms with E-state index in [2.05, 4.69) is 4.57 Å². The lowest BCUT2D eigenvalue weighted by molar-refractivity contribution is 0.265. The van der Waals surface area contributed by atoms with Crippen LogP contribution in [0.25, 0.3) is 0 Å². The Morgan fingerprint density at radius 1 is 1.05 bits per heavy atom. The Bertz CT molecular complexity index is 508. The van der Waals surface area contributed by atoms with Gasteiger partial charge in [-0.3, -0.25) is 0 Å². The van der Waals surface area contributed by atoms with E-state index in [1.807, 2.05) is 49.5 Å². The fraction of sp³-hybridized carbons (Fsp3) is 0.333. The van der Waals surface area contributed by atoms with Crippen LogP contribution < -0.4 is 15.2 Å². The molecule has 1 aromatic heterocycles. The fourth-order valence-corrected chi connectivity index (χ4v) is 1.95. The number of rotatable bonds is 7. The van der Waals surface area contributed by atoms with Crippen LogP contribution >= 0.6 is 0 Å². The molecule has 0 spiro atoms. The van der Waals surface area contributed by atoms with Crippen molar-refractivity contribution in [3.05, 3.63) is 48.3 Å². The van der Waals surface area contributed by atoms with Crippen molar-refractivity contribution >= 4 is 0 Å². The van der Waals surface area contributed by atoms with Crippen molar-refractivity contribution in [3.8, 4) is 11.5 Å². The third-order valence-electron chi connectivity index (χ3n) is 2.87. The van der Waals surface area contributed by atoms with Crippen LogP contribution in [0.3, 0.4) is 0 Å². The Balaban J connectivity index is 1.92. The highest BCUT2D eigenvalue weighted by molar-refractivity contribution is 5.39. The Kier molecular flexibility index (Phi) is 4.86. The summed E-state index contributed by atoms with van der Waals surface area (Å²) in [5.41, 5.74) is 6.77. The molecule has 0 fully saturated rings. The number of hydrogen-bond acceptors (Lipinski definition) is 3. The monoisotopic (exact) mass is 260 g/mol. The van der Waals surface area contributed by atoms with Crippen LogP contribution in [0, 0.1) is 0 Å². The second-order valence-corrected chi connectivity index (χ2v) is 4.13. The van der Waals surface area contributed by atoms with E-state index in [0.717, 1.165) is 23.7 Å². The quantitative estimate of drug-likeness (QED) is 0.831. The summed E-state index contributed by atoms with van der Waals surface area (Å²) in [7, 11) is 0. The van der Waals surface area contributed by atoms with Crippen molar-refractivity contribution in [1.82, 2.24) is 4.57 Å². The van der Waals surface area contributed by atoms with Gasteiger partial charge in [-0.25, -0.2) is 0 Å². The highest BCUT2D eigenvalue weighted by atomic mass is 16.5. The number of hydrogen-bond donors (Lipinski definition) is 1. The van der Waals surface area contributed by atoms with Crippen LogP contribution in [0.2, 0.25) is 0 Å². The van der Waals surface area contributed by atoms with Gasteiger partial charge in [0.25, 0.3) is 0 Å². The number of benzene rings is 1. The first-order valence-electron chi connectivity index (χ1n) is 6.54. The van der Waals surface area contributed by atoms with Gasteiger partial charge in [0, 0.05) is 18.4 Å². The predicted molar refractivity (Wildman–Crippen MR) is 75.4 cm³/mol. The van der Waals surface area contributed by atoms with Crippen LogP contribution in [0.1, 0.15) is 12.6 Å². The molecular formula is C15H20N2O2. The molecule has 1 aromatic carbocycles. The number of para-hydroxylation sites is 2. The lowest BCUT2D eigenvalue weighted by Crippen LogP contribution is -2.12. The first-order valence-corrected chi connectivity index (χ1v) is 6.54. The van der Waals surface area contributed by atoms with Gasteiger partial charge in [-0.05, 0) is 31.2 Å². The molecule has 0 bridgehead atoms. The van der Waals surface area contributed by atoms with E-state index in [0.29, 0.717) is 19.8 Å². The normalized spacial score (nSPS) is 10.4. The average Bonchev–Trinajstić information content (AvgIpc) is 2.88. The maximum atomic E-state index is 5.78. The molecule has 0 amide bonds. The first kappa shape index (κ1) is 13.5. The van der Waals surface area contributed by atoms with E-state index in [4.69, 9.17) is 15.2 Å². The van der Waals surface area contributed by atoms with Crippen LogP contribution in [-0.4, -0.2) is 17.8 Å². The molecular weight excluding hydrogens is 240 g/mol. The second kappa shape index (κ2) is 6.85. The van der Waals surface area contributed by atoms with Crippen molar-refractivity contribution in [2.45, 2.75) is 20.0 Å². The zero-order chi connectivity index (χ0) is 13.5. The minimum absolute atomic E-state index is 0.544. The molecule has 0 aliphatic heterocycles. The Labute approximate surface area is 113 Å². The van der Waals surface area contributed by atoms with Crippen molar-refractivity contribution in [2.24, 2.45) is 5.73 Å². The lowest BCUT2D eigenvalue weighted by atomic mass is 10.3. The lowest BCUT2D eigenvalue weighted by Gasteiger charge is -2.13. The fourth-order valence-electron chi connectivity index (χ4n) is 1.95. The highest BCUT2D eigenvalue weighted by Crippen LogP contribution is 2.26. The largest absolute Gasteiger partial charge is 0.490 e. The Morgan fingerprint density at radius 3 is 2.47 bits per heavy atom. The summed E-state index contributed by atoms with van der Waals surface area (Å²) in [6, 6.07) is 11.7. The molecule has 0 unspecified atom stereocenters. The van der Waals surface area contributed by atoms with Crippen molar-refractivity contribution in [1.29, 1.82) is 0 Å². The van der Waals surface area contributed by atoms with Gasteiger partial charge in [0.05, 0.1) is 13.2 Å². The van der Waals surface area contributed by atoms with Gasteiger partial charge in [-0.2, -0.15) is 0 Å². The van der Waals surface area contributed by atoms with Gasteiger partial charge >= 0.3 is 0 Å². The molecule has 4 nitrogen and oxygen atoms in total. The third-order valence-corrected chi connectivity index (χ3v) is 2.87. The molecule has 2 N–H and O–H groups in total. The Morgan fingerprint density at radius 2 is 1.79 bits per heavy atom. The van der Waals surface area contributed by atoms with Crippen molar-refractivity contribution in [2.75, 3.05) is 13.2 Å². The molecule has 19 heavy (non-hydrogen) atoms. The minimum atomic E-state index is 0.544. The van der Waals surface area contributed by atoms with Gasteiger partial charge in [0.2, 0.25) is 0 Å². The van der Waals surface area contributed by atoms with E-state index in [-0.39, 0.29) is 0 Å². The molecule has 0 saturated carbocycles. The molecule has 1 heterocycles. The van der Waals surface area contributed by atoms with E-state index in [1.165, 1.54) is 0 Å². The van der Waals surface area contributed by atoms with Crippen LogP contribution in [0.4, 0.5) is 0 Å². The van der Waals surface area contributed by atoms with Crippen molar-refractivity contribution in [3.63, 3.8) is 0 Å². The molecule has 4 heteroatoms. The number of nitrogens with zero attached hydrogens (tertiary/aromatic N) is 1. The maximum absolute atomic E-state index is 5.78. The van der Waals surface area contributed by atoms with Gasteiger partial charge in [-0.1, -0.05) is 12.1 Å². The summed E-state index contributed by atoms with van der Waals surface area (Å²) < 4.78 is 13.4. The SMILES string of the molecule is CCOc1ccccc1OCCn1cccc1CN. The molecule has 0 radical (unpaired) electrons. The molecule has 0 atom stereocenters. The van der Waals surface area contributed by atoms with Gasteiger partial charge in [0.1, 0.15) is 6.61 Å². The van der Waals surface area contributed by atoms with Crippen LogP contribution in [-0.2, 0) is 13.1 Å². The van der Waals surface area contributed by atoms with Gasteiger partial charge in [0.15, 0.2) is 11.5 Å². The smallest absolute Gasteiger partial charge is 0.161 e. The predicted octanol–water partition coefficient (Wildman–Crippen LogP) is 2.42. The summed E-state index contributed by atoms with van der Waals surface area (Å²) in [5.74, 6) is 1.57.